The molecule has 1 fully saturated rings. The van der Waals surface area contributed by atoms with E-state index in [0.29, 0.717) is 5.92 Å². The van der Waals surface area contributed by atoms with Crippen molar-refractivity contribution >= 4 is 5.91 Å². The molecule has 0 radical (unpaired) electrons. The number of amides is 1. The summed E-state index contributed by atoms with van der Waals surface area (Å²) >= 11 is 0. The molecule has 2 aromatic rings. The number of carbonyl (C=O) groups is 1. The van der Waals surface area contributed by atoms with Crippen molar-refractivity contribution in [3.8, 4) is 5.75 Å². The lowest BCUT2D eigenvalue weighted by Crippen LogP contribution is -2.27. The van der Waals surface area contributed by atoms with Crippen molar-refractivity contribution in [2.75, 3.05) is 6.61 Å². The number of carbonyl (C=O) groups excluding carboxylic acids is 1. The first-order chi connectivity index (χ1) is 10.8. The van der Waals surface area contributed by atoms with Crippen molar-refractivity contribution in [1.29, 1.82) is 0 Å². The quantitative estimate of drug-likeness (QED) is 0.636. The first kappa shape index (κ1) is 14.6. The van der Waals surface area contributed by atoms with Crippen molar-refractivity contribution in [3.63, 3.8) is 0 Å². The molecule has 0 bridgehead atoms. The van der Waals surface area contributed by atoms with Crippen LogP contribution >= 0.6 is 0 Å². The van der Waals surface area contributed by atoms with Gasteiger partial charge in [-0.1, -0.05) is 42.5 Å². The number of ether oxygens (including phenoxy) is 1. The summed E-state index contributed by atoms with van der Waals surface area (Å²) in [5.41, 5.74) is 3.39. The topological polar surface area (TPSA) is 58.6 Å². The molecule has 1 aliphatic carbocycles. The SMILES string of the molecule is O=C(NO)C(c1ccccc1)c1cccc(OCC2CC2)c1. The van der Waals surface area contributed by atoms with Gasteiger partial charge in [0.15, 0.2) is 0 Å². The maximum absolute atomic E-state index is 12.1. The Kier molecular flexibility index (Phi) is 4.39. The van der Waals surface area contributed by atoms with Gasteiger partial charge in [-0.3, -0.25) is 10.0 Å². The average Bonchev–Trinajstić information content (AvgIpc) is 3.39. The molecule has 0 aliphatic heterocycles. The average molecular weight is 297 g/mol. The van der Waals surface area contributed by atoms with Gasteiger partial charge in [-0.05, 0) is 42.0 Å². The lowest BCUT2D eigenvalue weighted by Gasteiger charge is -2.17. The van der Waals surface area contributed by atoms with Gasteiger partial charge in [-0.25, -0.2) is 5.48 Å². The first-order valence-electron chi connectivity index (χ1n) is 7.49. The van der Waals surface area contributed by atoms with Crippen molar-refractivity contribution < 1.29 is 14.7 Å². The fourth-order valence-corrected chi connectivity index (χ4v) is 2.49. The Labute approximate surface area is 129 Å². The Morgan fingerprint density at radius 2 is 1.86 bits per heavy atom. The maximum Gasteiger partial charge on any atom is 0.255 e. The summed E-state index contributed by atoms with van der Waals surface area (Å²) in [6, 6.07) is 16.9. The molecule has 4 heteroatoms. The summed E-state index contributed by atoms with van der Waals surface area (Å²) in [6.45, 7) is 0.728. The van der Waals surface area contributed by atoms with Gasteiger partial charge >= 0.3 is 0 Å². The van der Waals surface area contributed by atoms with Crippen LogP contribution in [0.2, 0.25) is 0 Å². The van der Waals surface area contributed by atoms with Gasteiger partial charge < -0.3 is 4.74 Å². The van der Waals surface area contributed by atoms with E-state index in [0.717, 1.165) is 23.5 Å². The molecule has 2 N–H and O–H groups in total. The summed E-state index contributed by atoms with van der Waals surface area (Å²) in [7, 11) is 0. The van der Waals surface area contributed by atoms with E-state index >= 15 is 0 Å². The Hall–Kier alpha value is -2.33. The van der Waals surface area contributed by atoms with Crippen LogP contribution in [0.5, 0.6) is 5.75 Å². The molecule has 0 heterocycles. The fourth-order valence-electron chi connectivity index (χ4n) is 2.49. The smallest absolute Gasteiger partial charge is 0.255 e. The van der Waals surface area contributed by atoms with Crippen molar-refractivity contribution in [2.24, 2.45) is 5.92 Å². The highest BCUT2D eigenvalue weighted by Gasteiger charge is 2.24. The molecule has 2 aromatic carbocycles. The van der Waals surface area contributed by atoms with E-state index in [1.165, 1.54) is 12.8 Å². The standard InChI is InChI=1S/C18H19NO3/c20-18(19-21)17(14-5-2-1-3-6-14)15-7-4-8-16(11-15)22-12-13-9-10-13/h1-8,11,13,17,21H,9-10,12H2,(H,19,20). The largest absolute Gasteiger partial charge is 0.493 e. The summed E-state index contributed by atoms with van der Waals surface area (Å²) in [4.78, 5) is 12.1. The molecule has 1 aliphatic rings. The monoisotopic (exact) mass is 297 g/mol. The molecular weight excluding hydrogens is 278 g/mol. The lowest BCUT2D eigenvalue weighted by molar-refractivity contribution is -0.129. The zero-order chi connectivity index (χ0) is 15.4. The Morgan fingerprint density at radius 3 is 2.55 bits per heavy atom. The minimum absolute atomic E-state index is 0.453. The second-order valence-electron chi connectivity index (χ2n) is 5.65. The second-order valence-corrected chi connectivity index (χ2v) is 5.65. The summed E-state index contributed by atoms with van der Waals surface area (Å²) in [6.07, 6.45) is 2.47. The van der Waals surface area contributed by atoms with Gasteiger partial charge in [0.05, 0.1) is 12.5 Å². The highest BCUT2D eigenvalue weighted by atomic mass is 16.5. The highest BCUT2D eigenvalue weighted by Crippen LogP contribution is 2.31. The Morgan fingerprint density at radius 1 is 1.14 bits per heavy atom. The molecule has 114 valence electrons. The molecule has 22 heavy (non-hydrogen) atoms. The number of benzene rings is 2. The van der Waals surface area contributed by atoms with Gasteiger partial charge in [0.2, 0.25) is 0 Å². The number of nitrogens with one attached hydrogen (secondary N) is 1. The van der Waals surface area contributed by atoms with Crippen LogP contribution in [0, 0.1) is 5.92 Å². The molecule has 1 unspecified atom stereocenters. The third kappa shape index (κ3) is 3.46. The van der Waals surface area contributed by atoms with Crippen molar-refractivity contribution in [2.45, 2.75) is 18.8 Å². The fraction of sp³-hybridized carbons (Fsp3) is 0.278. The van der Waals surface area contributed by atoms with E-state index in [2.05, 4.69) is 0 Å². The van der Waals surface area contributed by atoms with Crippen molar-refractivity contribution in [1.82, 2.24) is 5.48 Å². The number of rotatable bonds is 6. The minimum atomic E-state index is -0.560. The predicted octanol–water partition coefficient (Wildman–Crippen LogP) is 3.11. The van der Waals surface area contributed by atoms with E-state index in [1.807, 2.05) is 54.6 Å². The zero-order valence-electron chi connectivity index (χ0n) is 12.2. The van der Waals surface area contributed by atoms with E-state index in [1.54, 1.807) is 5.48 Å². The van der Waals surface area contributed by atoms with Crippen LogP contribution in [-0.4, -0.2) is 17.7 Å². The number of hydrogen-bond acceptors (Lipinski definition) is 3. The minimum Gasteiger partial charge on any atom is -0.493 e. The molecule has 1 atom stereocenters. The second kappa shape index (κ2) is 6.62. The van der Waals surface area contributed by atoms with E-state index < -0.39 is 11.8 Å². The molecule has 3 rings (SSSR count). The molecule has 4 nitrogen and oxygen atoms in total. The van der Waals surface area contributed by atoms with Gasteiger partial charge in [0.25, 0.3) is 5.91 Å². The molecule has 1 amide bonds. The summed E-state index contributed by atoms with van der Waals surface area (Å²) < 4.78 is 5.78. The van der Waals surface area contributed by atoms with Crippen LogP contribution in [0.1, 0.15) is 29.9 Å². The van der Waals surface area contributed by atoms with E-state index in [-0.39, 0.29) is 0 Å². The molecular formula is C18H19NO3. The van der Waals surface area contributed by atoms with Gasteiger partial charge in [0, 0.05) is 0 Å². The van der Waals surface area contributed by atoms with Crippen LogP contribution in [0.4, 0.5) is 0 Å². The predicted molar refractivity (Wildman–Crippen MR) is 82.9 cm³/mol. The zero-order valence-corrected chi connectivity index (χ0v) is 12.2. The molecule has 0 aromatic heterocycles. The number of hydroxylamine groups is 1. The van der Waals surface area contributed by atoms with Crippen LogP contribution in [-0.2, 0) is 4.79 Å². The van der Waals surface area contributed by atoms with Crippen LogP contribution in [0.3, 0.4) is 0 Å². The molecule has 1 saturated carbocycles. The van der Waals surface area contributed by atoms with Crippen LogP contribution in [0.25, 0.3) is 0 Å². The van der Waals surface area contributed by atoms with Crippen LogP contribution < -0.4 is 10.2 Å². The van der Waals surface area contributed by atoms with Crippen molar-refractivity contribution in [3.05, 3.63) is 65.7 Å². The van der Waals surface area contributed by atoms with Crippen LogP contribution in [0.15, 0.2) is 54.6 Å². The third-order valence-electron chi connectivity index (χ3n) is 3.88. The summed E-state index contributed by atoms with van der Waals surface area (Å²) in [5.74, 6) is 0.423. The number of hydrogen-bond donors (Lipinski definition) is 2. The first-order valence-corrected chi connectivity index (χ1v) is 7.49. The van der Waals surface area contributed by atoms with E-state index in [4.69, 9.17) is 9.94 Å². The lowest BCUT2D eigenvalue weighted by atomic mass is 9.90. The van der Waals surface area contributed by atoms with Gasteiger partial charge in [0.1, 0.15) is 5.75 Å². The third-order valence-corrected chi connectivity index (χ3v) is 3.88. The van der Waals surface area contributed by atoms with E-state index in [9.17, 15) is 4.79 Å². The van der Waals surface area contributed by atoms with Gasteiger partial charge in [-0.2, -0.15) is 0 Å². The molecule has 0 spiro atoms. The summed E-state index contributed by atoms with van der Waals surface area (Å²) in [5, 5.41) is 9.05. The van der Waals surface area contributed by atoms with Gasteiger partial charge in [-0.15, -0.1) is 0 Å². The molecule has 0 saturated heterocycles. The Balaban J connectivity index is 1.86. The highest BCUT2D eigenvalue weighted by molar-refractivity contribution is 5.86. The normalized spacial score (nSPS) is 15.1. The maximum atomic E-state index is 12.1. The Bertz CT molecular complexity index is 638.